The molecule has 3 rings (SSSR count). The fourth-order valence-corrected chi connectivity index (χ4v) is 4.21. The zero-order chi connectivity index (χ0) is 18.9. The predicted octanol–water partition coefficient (Wildman–Crippen LogP) is 2.73. The zero-order valence-electron chi connectivity index (χ0n) is 15.3. The number of para-hydroxylation sites is 1. The van der Waals surface area contributed by atoms with Gasteiger partial charge in [-0.05, 0) is 37.5 Å². The zero-order valence-corrected chi connectivity index (χ0v) is 16.2. The molecule has 0 bridgehead atoms. The molecule has 2 aromatic rings. The van der Waals surface area contributed by atoms with Crippen LogP contribution in [0.1, 0.15) is 23.6 Å². The summed E-state index contributed by atoms with van der Waals surface area (Å²) in [6.45, 7) is 3.98. The summed E-state index contributed by atoms with van der Waals surface area (Å²) in [7, 11) is -3.51. The number of carbonyl (C=O) groups excluding carboxylic acids is 1. The van der Waals surface area contributed by atoms with Crippen LogP contribution < -0.4 is 4.90 Å². The highest BCUT2D eigenvalue weighted by Gasteiger charge is 2.32. The van der Waals surface area contributed by atoms with Crippen molar-refractivity contribution in [3.63, 3.8) is 0 Å². The molecular formula is C20H24N2O3S. The lowest BCUT2D eigenvalue weighted by molar-refractivity contribution is -0.119. The quantitative estimate of drug-likeness (QED) is 0.811. The van der Waals surface area contributed by atoms with E-state index < -0.39 is 10.0 Å². The van der Waals surface area contributed by atoms with E-state index in [1.165, 1.54) is 4.31 Å². The van der Waals surface area contributed by atoms with Crippen LogP contribution in [0.2, 0.25) is 0 Å². The minimum atomic E-state index is -3.51. The van der Waals surface area contributed by atoms with Crippen molar-refractivity contribution in [3.8, 4) is 0 Å². The lowest BCUT2D eigenvalue weighted by Crippen LogP contribution is -2.44. The number of nitrogens with zero attached hydrogens (tertiary/aromatic N) is 2. The van der Waals surface area contributed by atoms with E-state index in [0.29, 0.717) is 0 Å². The van der Waals surface area contributed by atoms with Crippen molar-refractivity contribution in [1.29, 1.82) is 0 Å². The Bertz CT molecular complexity index is 924. The number of sulfonamides is 1. The van der Waals surface area contributed by atoms with Crippen molar-refractivity contribution >= 4 is 21.6 Å². The molecule has 138 valence electrons. The largest absolute Gasteiger partial charge is 0.308 e. The molecule has 6 heteroatoms. The van der Waals surface area contributed by atoms with Crippen LogP contribution in [0.4, 0.5) is 5.69 Å². The van der Waals surface area contributed by atoms with Crippen LogP contribution in [0.3, 0.4) is 0 Å². The summed E-state index contributed by atoms with van der Waals surface area (Å²) >= 11 is 0. The Labute approximate surface area is 155 Å². The van der Waals surface area contributed by atoms with E-state index in [-0.39, 0.29) is 25.0 Å². The first kappa shape index (κ1) is 18.6. The van der Waals surface area contributed by atoms with Crippen LogP contribution >= 0.6 is 0 Å². The van der Waals surface area contributed by atoms with Crippen molar-refractivity contribution in [2.45, 2.75) is 32.9 Å². The van der Waals surface area contributed by atoms with Crippen LogP contribution in [0.5, 0.6) is 0 Å². The Hall–Kier alpha value is -2.18. The third-order valence-electron chi connectivity index (χ3n) is 4.70. The molecule has 2 aromatic carbocycles. The molecule has 0 N–H and O–H groups in total. The van der Waals surface area contributed by atoms with Gasteiger partial charge in [-0.1, -0.05) is 48.0 Å². The Balaban J connectivity index is 1.82. The molecule has 1 amide bonds. The topological polar surface area (TPSA) is 57.7 Å². The number of benzene rings is 2. The van der Waals surface area contributed by atoms with Crippen molar-refractivity contribution in [3.05, 3.63) is 65.2 Å². The van der Waals surface area contributed by atoms with E-state index in [4.69, 9.17) is 0 Å². The predicted molar refractivity (Wildman–Crippen MR) is 104 cm³/mol. The molecule has 0 saturated carbocycles. The molecule has 0 spiro atoms. The second-order valence-electron chi connectivity index (χ2n) is 6.97. The van der Waals surface area contributed by atoms with Crippen molar-refractivity contribution < 1.29 is 13.2 Å². The van der Waals surface area contributed by atoms with Gasteiger partial charge in [0.25, 0.3) is 0 Å². The SMILES string of the molecule is Cc1cccc(CN(CC(=O)N2c3ccccc3CC2C)S(C)(=O)=O)c1. The van der Waals surface area contributed by atoms with E-state index in [0.717, 1.165) is 35.1 Å². The summed E-state index contributed by atoms with van der Waals surface area (Å²) < 4.78 is 25.8. The number of fused-ring (bicyclic) bond motifs is 1. The number of amides is 1. The number of hydrogen-bond acceptors (Lipinski definition) is 3. The molecular weight excluding hydrogens is 348 g/mol. The van der Waals surface area contributed by atoms with Gasteiger partial charge in [-0.25, -0.2) is 8.42 Å². The molecule has 0 saturated heterocycles. The average molecular weight is 372 g/mol. The van der Waals surface area contributed by atoms with E-state index in [2.05, 4.69) is 0 Å². The Morgan fingerprint density at radius 2 is 1.92 bits per heavy atom. The van der Waals surface area contributed by atoms with Crippen LogP contribution in [0.25, 0.3) is 0 Å². The normalized spacial score (nSPS) is 16.8. The van der Waals surface area contributed by atoms with Crippen molar-refractivity contribution in [1.82, 2.24) is 4.31 Å². The highest BCUT2D eigenvalue weighted by Crippen LogP contribution is 2.32. The molecule has 0 fully saturated rings. The Kier molecular flexibility index (Phi) is 5.16. The summed E-state index contributed by atoms with van der Waals surface area (Å²) in [6.07, 6.45) is 1.94. The lowest BCUT2D eigenvalue weighted by Gasteiger charge is -2.26. The molecule has 0 aromatic heterocycles. The molecule has 0 radical (unpaired) electrons. The van der Waals surface area contributed by atoms with E-state index >= 15 is 0 Å². The van der Waals surface area contributed by atoms with E-state index in [1.54, 1.807) is 4.90 Å². The highest BCUT2D eigenvalue weighted by atomic mass is 32.2. The first-order valence-corrected chi connectivity index (χ1v) is 10.5. The third-order valence-corrected chi connectivity index (χ3v) is 5.89. The van der Waals surface area contributed by atoms with E-state index in [9.17, 15) is 13.2 Å². The second-order valence-corrected chi connectivity index (χ2v) is 8.95. The molecule has 1 aliphatic rings. The van der Waals surface area contributed by atoms with Gasteiger partial charge in [0, 0.05) is 18.3 Å². The monoisotopic (exact) mass is 372 g/mol. The van der Waals surface area contributed by atoms with Crippen LogP contribution in [-0.2, 0) is 27.8 Å². The maximum absolute atomic E-state index is 13.0. The Morgan fingerprint density at radius 1 is 1.19 bits per heavy atom. The lowest BCUT2D eigenvalue weighted by atomic mass is 10.1. The average Bonchev–Trinajstić information content (AvgIpc) is 2.89. The van der Waals surface area contributed by atoms with Gasteiger partial charge in [0.05, 0.1) is 12.8 Å². The van der Waals surface area contributed by atoms with E-state index in [1.807, 2.05) is 62.4 Å². The van der Waals surface area contributed by atoms with Gasteiger partial charge in [0.2, 0.25) is 15.9 Å². The minimum Gasteiger partial charge on any atom is -0.308 e. The van der Waals surface area contributed by atoms with Gasteiger partial charge < -0.3 is 4.90 Å². The molecule has 0 aliphatic carbocycles. The van der Waals surface area contributed by atoms with Crippen molar-refractivity contribution in [2.24, 2.45) is 0 Å². The fraction of sp³-hybridized carbons (Fsp3) is 0.350. The summed E-state index contributed by atoms with van der Waals surface area (Å²) in [4.78, 5) is 14.7. The number of rotatable bonds is 5. The number of anilines is 1. The molecule has 5 nitrogen and oxygen atoms in total. The van der Waals surface area contributed by atoms with Crippen LogP contribution in [0.15, 0.2) is 48.5 Å². The molecule has 1 aliphatic heterocycles. The molecule has 1 heterocycles. The maximum Gasteiger partial charge on any atom is 0.242 e. The number of hydrogen-bond donors (Lipinski definition) is 0. The first-order valence-electron chi connectivity index (χ1n) is 8.66. The smallest absolute Gasteiger partial charge is 0.242 e. The van der Waals surface area contributed by atoms with Crippen LogP contribution in [-0.4, -0.2) is 37.5 Å². The van der Waals surface area contributed by atoms with Crippen molar-refractivity contribution in [2.75, 3.05) is 17.7 Å². The highest BCUT2D eigenvalue weighted by molar-refractivity contribution is 7.88. The molecule has 26 heavy (non-hydrogen) atoms. The Morgan fingerprint density at radius 3 is 2.62 bits per heavy atom. The first-order chi connectivity index (χ1) is 12.3. The van der Waals surface area contributed by atoms with Crippen LogP contribution in [0, 0.1) is 6.92 Å². The summed E-state index contributed by atoms with van der Waals surface area (Å²) in [5.74, 6) is -0.194. The molecule has 1 atom stereocenters. The van der Waals surface area contributed by atoms with Gasteiger partial charge in [0.1, 0.15) is 0 Å². The minimum absolute atomic E-state index is 0.0280. The third kappa shape index (κ3) is 3.97. The maximum atomic E-state index is 13.0. The van der Waals surface area contributed by atoms with Gasteiger partial charge in [-0.15, -0.1) is 0 Å². The second kappa shape index (κ2) is 7.21. The summed E-state index contributed by atoms with van der Waals surface area (Å²) in [6, 6.07) is 15.5. The standard InChI is InChI=1S/C20H24N2O3S/c1-15-7-6-8-17(11-15)13-21(26(3,24)25)14-20(23)22-16(2)12-18-9-4-5-10-19(18)22/h4-11,16H,12-14H2,1-3H3. The van der Waals surface area contributed by atoms with Gasteiger partial charge in [0.15, 0.2) is 0 Å². The van der Waals surface area contributed by atoms with Gasteiger partial charge in [-0.3, -0.25) is 4.79 Å². The molecule has 1 unspecified atom stereocenters. The summed E-state index contributed by atoms with van der Waals surface area (Å²) in [5.41, 5.74) is 3.94. The van der Waals surface area contributed by atoms with Gasteiger partial charge in [-0.2, -0.15) is 4.31 Å². The number of carbonyl (C=O) groups is 1. The fourth-order valence-electron chi connectivity index (χ4n) is 3.48. The summed E-state index contributed by atoms with van der Waals surface area (Å²) in [5, 5.41) is 0. The number of aryl methyl sites for hydroxylation is 1. The van der Waals surface area contributed by atoms with Gasteiger partial charge >= 0.3 is 0 Å².